The molecule has 1 heterocycles. The molecule has 1 aromatic carbocycles. The minimum Gasteiger partial charge on any atom is -0.476 e. The summed E-state index contributed by atoms with van der Waals surface area (Å²) in [6, 6.07) is 7.71. The summed E-state index contributed by atoms with van der Waals surface area (Å²) in [6.45, 7) is 3.58. The van der Waals surface area contributed by atoms with Crippen LogP contribution in [0.3, 0.4) is 0 Å². The Bertz CT molecular complexity index is 780. The predicted octanol–water partition coefficient (Wildman–Crippen LogP) is 2.20. The Balaban J connectivity index is 2.45. The molecule has 0 aliphatic heterocycles. The largest absolute Gasteiger partial charge is 0.476 e. The quantitative estimate of drug-likeness (QED) is 0.902. The molecular weight excluding hydrogens is 292 g/mol. The molecule has 0 saturated carbocycles. The van der Waals surface area contributed by atoms with Gasteiger partial charge in [0.2, 0.25) is 0 Å². The van der Waals surface area contributed by atoms with E-state index in [9.17, 15) is 13.2 Å². The highest BCUT2D eigenvalue weighted by atomic mass is 32.2. The fraction of sp³-hybridized carbons (Fsp3) is 0.143. The van der Waals surface area contributed by atoms with Gasteiger partial charge in [0, 0.05) is 6.20 Å². The fourth-order valence-electron chi connectivity index (χ4n) is 1.95. The SMILES string of the molecule is Cc1cc(C)cc(S(=O)(=O)Nc2cccnc2C(=O)O)c1. The second-order valence-corrected chi connectivity index (χ2v) is 6.32. The number of carboxylic acid groups (broad SMARTS) is 1. The number of rotatable bonds is 4. The molecule has 21 heavy (non-hydrogen) atoms. The summed E-state index contributed by atoms with van der Waals surface area (Å²) < 4.78 is 27.0. The van der Waals surface area contributed by atoms with Crippen LogP contribution in [-0.2, 0) is 10.0 Å². The van der Waals surface area contributed by atoms with Gasteiger partial charge in [0.25, 0.3) is 10.0 Å². The maximum atomic E-state index is 12.3. The van der Waals surface area contributed by atoms with E-state index in [1.54, 1.807) is 13.8 Å². The number of anilines is 1. The lowest BCUT2D eigenvalue weighted by atomic mass is 10.2. The Labute approximate surface area is 122 Å². The lowest BCUT2D eigenvalue weighted by Gasteiger charge is -2.11. The molecule has 7 heteroatoms. The van der Waals surface area contributed by atoms with E-state index < -0.39 is 16.0 Å². The van der Waals surface area contributed by atoms with E-state index in [-0.39, 0.29) is 16.3 Å². The molecule has 0 bridgehead atoms. The highest BCUT2D eigenvalue weighted by Gasteiger charge is 2.19. The zero-order valence-electron chi connectivity index (χ0n) is 11.5. The van der Waals surface area contributed by atoms with Gasteiger partial charge < -0.3 is 5.11 Å². The maximum Gasteiger partial charge on any atom is 0.356 e. The fourth-order valence-corrected chi connectivity index (χ4v) is 3.20. The van der Waals surface area contributed by atoms with Crippen LogP contribution in [0.25, 0.3) is 0 Å². The number of aromatic nitrogens is 1. The van der Waals surface area contributed by atoms with Crippen LogP contribution in [0.15, 0.2) is 41.4 Å². The van der Waals surface area contributed by atoms with Crippen molar-refractivity contribution in [1.82, 2.24) is 4.98 Å². The van der Waals surface area contributed by atoms with Gasteiger partial charge >= 0.3 is 5.97 Å². The van der Waals surface area contributed by atoms with Gasteiger partial charge in [-0.25, -0.2) is 18.2 Å². The number of aromatic carboxylic acids is 1. The lowest BCUT2D eigenvalue weighted by Crippen LogP contribution is -2.16. The van der Waals surface area contributed by atoms with Crippen LogP contribution >= 0.6 is 0 Å². The van der Waals surface area contributed by atoms with Crippen molar-refractivity contribution in [1.29, 1.82) is 0 Å². The minimum absolute atomic E-state index is 0.0656. The Hall–Kier alpha value is -2.41. The molecule has 0 radical (unpaired) electrons. The summed E-state index contributed by atoms with van der Waals surface area (Å²) in [5.74, 6) is -1.30. The third-order valence-electron chi connectivity index (χ3n) is 2.76. The summed E-state index contributed by atoms with van der Waals surface area (Å²) in [5.41, 5.74) is 1.20. The highest BCUT2D eigenvalue weighted by molar-refractivity contribution is 7.92. The number of carboxylic acids is 1. The molecule has 0 unspecified atom stereocenters. The Morgan fingerprint density at radius 2 is 1.81 bits per heavy atom. The first-order chi connectivity index (χ1) is 9.79. The number of hydrogen-bond donors (Lipinski definition) is 2. The second kappa shape index (κ2) is 5.53. The second-order valence-electron chi connectivity index (χ2n) is 4.63. The van der Waals surface area contributed by atoms with Crippen LogP contribution in [0.2, 0.25) is 0 Å². The van der Waals surface area contributed by atoms with E-state index in [2.05, 4.69) is 9.71 Å². The molecule has 6 nitrogen and oxygen atoms in total. The average Bonchev–Trinajstić information content (AvgIpc) is 2.37. The van der Waals surface area contributed by atoms with Gasteiger partial charge in [0.1, 0.15) is 0 Å². The lowest BCUT2D eigenvalue weighted by molar-refractivity contribution is 0.0692. The Kier molecular flexibility index (Phi) is 3.95. The van der Waals surface area contributed by atoms with E-state index >= 15 is 0 Å². The number of pyridine rings is 1. The molecule has 0 saturated heterocycles. The number of carbonyl (C=O) groups is 1. The molecule has 0 spiro atoms. The van der Waals surface area contributed by atoms with Gasteiger partial charge in [-0.1, -0.05) is 6.07 Å². The monoisotopic (exact) mass is 306 g/mol. The number of hydrogen-bond acceptors (Lipinski definition) is 4. The molecule has 1 aromatic heterocycles. The van der Waals surface area contributed by atoms with E-state index in [0.717, 1.165) is 11.1 Å². The molecule has 2 aromatic rings. The third kappa shape index (κ3) is 3.38. The van der Waals surface area contributed by atoms with Gasteiger partial charge in [-0.05, 0) is 49.2 Å². The molecule has 2 rings (SSSR count). The summed E-state index contributed by atoms with van der Waals surface area (Å²) in [7, 11) is -3.87. The van der Waals surface area contributed by atoms with Crippen molar-refractivity contribution in [2.75, 3.05) is 4.72 Å². The molecule has 2 N–H and O–H groups in total. The van der Waals surface area contributed by atoms with Gasteiger partial charge in [-0.15, -0.1) is 0 Å². The van der Waals surface area contributed by atoms with E-state index in [1.165, 1.54) is 30.5 Å². The van der Waals surface area contributed by atoms with Gasteiger partial charge in [-0.3, -0.25) is 4.72 Å². The number of nitrogens with zero attached hydrogens (tertiary/aromatic N) is 1. The first kappa shape index (κ1) is 15.0. The summed E-state index contributed by atoms with van der Waals surface area (Å²) in [6.07, 6.45) is 1.29. The van der Waals surface area contributed by atoms with Gasteiger partial charge in [0.05, 0.1) is 10.6 Å². The van der Waals surface area contributed by atoms with Crippen LogP contribution in [-0.4, -0.2) is 24.5 Å². The number of aryl methyl sites for hydroxylation is 2. The van der Waals surface area contributed by atoms with Crippen molar-refractivity contribution in [2.24, 2.45) is 0 Å². The normalized spacial score (nSPS) is 11.1. The van der Waals surface area contributed by atoms with E-state index in [0.29, 0.717) is 0 Å². The van der Waals surface area contributed by atoms with Crippen LogP contribution in [0.5, 0.6) is 0 Å². The zero-order valence-corrected chi connectivity index (χ0v) is 12.3. The van der Waals surface area contributed by atoms with Crippen molar-refractivity contribution in [3.05, 3.63) is 53.3 Å². The number of sulfonamides is 1. The summed E-state index contributed by atoms with van der Waals surface area (Å²) in [4.78, 5) is 14.8. The first-order valence-electron chi connectivity index (χ1n) is 6.09. The van der Waals surface area contributed by atoms with E-state index in [4.69, 9.17) is 5.11 Å². The molecule has 0 aliphatic rings. The zero-order chi connectivity index (χ0) is 15.6. The van der Waals surface area contributed by atoms with Crippen molar-refractivity contribution in [3.8, 4) is 0 Å². The molecule has 0 aliphatic carbocycles. The van der Waals surface area contributed by atoms with Crippen molar-refractivity contribution < 1.29 is 18.3 Å². The summed E-state index contributed by atoms with van der Waals surface area (Å²) in [5, 5.41) is 9.02. The molecular formula is C14H14N2O4S. The standard InChI is InChI=1S/C14H14N2O4S/c1-9-6-10(2)8-11(7-9)21(19,20)16-12-4-3-5-15-13(12)14(17)18/h3-8,16H,1-2H3,(H,17,18). The predicted molar refractivity (Wildman–Crippen MR) is 77.9 cm³/mol. The van der Waals surface area contributed by atoms with Crippen molar-refractivity contribution >= 4 is 21.7 Å². The molecule has 0 amide bonds. The van der Waals surface area contributed by atoms with Gasteiger partial charge in [0.15, 0.2) is 5.69 Å². The van der Waals surface area contributed by atoms with Crippen LogP contribution < -0.4 is 4.72 Å². The Morgan fingerprint density at radius 1 is 1.19 bits per heavy atom. The van der Waals surface area contributed by atoms with Crippen LogP contribution in [0, 0.1) is 13.8 Å². The molecule has 0 atom stereocenters. The summed E-state index contributed by atoms with van der Waals surface area (Å²) >= 11 is 0. The van der Waals surface area contributed by atoms with Gasteiger partial charge in [-0.2, -0.15) is 0 Å². The minimum atomic E-state index is -3.87. The van der Waals surface area contributed by atoms with Crippen LogP contribution in [0.1, 0.15) is 21.6 Å². The molecule has 110 valence electrons. The molecule has 0 fully saturated rings. The Morgan fingerprint density at radius 3 is 2.38 bits per heavy atom. The third-order valence-corrected chi connectivity index (χ3v) is 4.11. The van der Waals surface area contributed by atoms with Crippen molar-refractivity contribution in [3.63, 3.8) is 0 Å². The van der Waals surface area contributed by atoms with E-state index in [1.807, 2.05) is 6.07 Å². The first-order valence-corrected chi connectivity index (χ1v) is 7.57. The van der Waals surface area contributed by atoms with Crippen LogP contribution in [0.4, 0.5) is 5.69 Å². The van der Waals surface area contributed by atoms with Crippen molar-refractivity contribution in [2.45, 2.75) is 18.7 Å². The smallest absolute Gasteiger partial charge is 0.356 e. The number of benzene rings is 1. The average molecular weight is 306 g/mol. The maximum absolute atomic E-state index is 12.3. The topological polar surface area (TPSA) is 96.4 Å². The number of nitrogens with one attached hydrogen (secondary N) is 1. The highest BCUT2D eigenvalue weighted by Crippen LogP contribution is 2.20.